The monoisotopic (exact) mass is 494 g/mol. The van der Waals surface area contributed by atoms with Crippen molar-refractivity contribution >= 4 is 32.4 Å². The third kappa shape index (κ3) is 5.37. The van der Waals surface area contributed by atoms with Gasteiger partial charge in [0.05, 0.1) is 22.1 Å². The van der Waals surface area contributed by atoms with Gasteiger partial charge in [0.15, 0.2) is 4.96 Å². The Morgan fingerprint density at radius 2 is 2.09 bits per heavy atom. The molecule has 0 spiro atoms. The van der Waals surface area contributed by atoms with Crippen molar-refractivity contribution in [3.63, 3.8) is 0 Å². The first kappa shape index (κ1) is 23.8. The lowest BCUT2D eigenvalue weighted by Gasteiger charge is -2.17. The molecule has 5 rings (SSSR count). The number of thiazole rings is 1. The standard InChI is InChI=1S/C26H31FN6OS/c1-3-32(4-2)11-5-10-28-25(34)21-13-24-23(15-30-21)33-16-22(31-26(33)35-24)19-9-6-17(12-20(19)27)14-29-18-7-8-18/h6,9,12-13,15-16,18,29H,3-5,7-8,10-11,14H2,1-2H3,(H,28,34). The SMILES string of the molecule is CCN(CC)CCCNC(=O)c1cc2sc3nc(-c4ccc(CNC5CC5)cc4F)cn3c2cn1. The van der Waals surface area contributed by atoms with Crippen LogP contribution in [-0.2, 0) is 6.54 Å². The molecule has 7 nitrogen and oxygen atoms in total. The smallest absolute Gasteiger partial charge is 0.269 e. The minimum absolute atomic E-state index is 0.170. The van der Waals surface area contributed by atoms with Crippen molar-refractivity contribution in [3.05, 3.63) is 53.7 Å². The summed E-state index contributed by atoms with van der Waals surface area (Å²) in [7, 11) is 0. The molecular formula is C26H31FN6OS. The quantitative estimate of drug-likeness (QED) is 0.301. The first-order valence-corrected chi connectivity index (χ1v) is 13.2. The molecule has 1 amide bonds. The molecule has 0 atom stereocenters. The Hall–Kier alpha value is -2.88. The van der Waals surface area contributed by atoms with Crippen LogP contribution in [0.4, 0.5) is 4.39 Å². The molecule has 0 radical (unpaired) electrons. The van der Waals surface area contributed by atoms with Gasteiger partial charge in [0.25, 0.3) is 5.91 Å². The number of hydrogen-bond donors (Lipinski definition) is 2. The average molecular weight is 495 g/mol. The minimum atomic E-state index is -0.270. The molecule has 1 saturated carbocycles. The highest BCUT2D eigenvalue weighted by molar-refractivity contribution is 7.23. The predicted molar refractivity (Wildman–Crippen MR) is 138 cm³/mol. The number of fused-ring (bicyclic) bond motifs is 3. The molecule has 4 aromatic rings. The highest BCUT2D eigenvalue weighted by atomic mass is 32.1. The number of nitrogens with one attached hydrogen (secondary N) is 2. The molecule has 184 valence electrons. The lowest BCUT2D eigenvalue weighted by atomic mass is 10.1. The third-order valence-corrected chi connectivity index (χ3v) is 7.54. The van der Waals surface area contributed by atoms with Crippen LogP contribution in [0.25, 0.3) is 26.4 Å². The molecule has 0 saturated heterocycles. The van der Waals surface area contributed by atoms with E-state index in [9.17, 15) is 9.18 Å². The fourth-order valence-corrected chi connectivity index (χ4v) is 5.23. The third-order valence-electron chi connectivity index (χ3n) is 6.53. The number of carbonyl (C=O) groups excluding carboxylic acids is 1. The normalized spacial score (nSPS) is 13.8. The van der Waals surface area contributed by atoms with Crippen molar-refractivity contribution in [2.45, 2.75) is 45.7 Å². The van der Waals surface area contributed by atoms with E-state index in [1.54, 1.807) is 24.4 Å². The van der Waals surface area contributed by atoms with Crippen LogP contribution in [0.15, 0.2) is 36.7 Å². The zero-order valence-electron chi connectivity index (χ0n) is 20.2. The largest absolute Gasteiger partial charge is 0.351 e. The zero-order chi connectivity index (χ0) is 24.4. The molecule has 1 fully saturated rings. The van der Waals surface area contributed by atoms with Gasteiger partial charge >= 0.3 is 0 Å². The van der Waals surface area contributed by atoms with E-state index in [0.29, 0.717) is 36.1 Å². The molecular weight excluding hydrogens is 463 g/mol. The van der Waals surface area contributed by atoms with Gasteiger partial charge in [-0.05, 0) is 62.7 Å². The van der Waals surface area contributed by atoms with Crippen LogP contribution in [0.1, 0.15) is 49.2 Å². The average Bonchev–Trinajstić information content (AvgIpc) is 3.51. The number of halogens is 1. The van der Waals surface area contributed by atoms with Crippen LogP contribution in [0, 0.1) is 5.82 Å². The number of benzene rings is 1. The molecule has 0 unspecified atom stereocenters. The van der Waals surface area contributed by atoms with E-state index < -0.39 is 0 Å². The first-order valence-electron chi connectivity index (χ1n) is 12.4. The number of hydrogen-bond acceptors (Lipinski definition) is 6. The van der Waals surface area contributed by atoms with Crippen LogP contribution >= 0.6 is 11.3 Å². The summed E-state index contributed by atoms with van der Waals surface area (Å²) in [6, 6.07) is 7.73. The summed E-state index contributed by atoms with van der Waals surface area (Å²) in [5, 5.41) is 6.37. The first-order chi connectivity index (χ1) is 17.1. The summed E-state index contributed by atoms with van der Waals surface area (Å²) in [5.74, 6) is -0.440. The lowest BCUT2D eigenvalue weighted by molar-refractivity contribution is 0.0947. The predicted octanol–water partition coefficient (Wildman–Crippen LogP) is 4.46. The van der Waals surface area contributed by atoms with Crippen molar-refractivity contribution in [1.82, 2.24) is 29.9 Å². The highest BCUT2D eigenvalue weighted by Gasteiger charge is 2.20. The van der Waals surface area contributed by atoms with Crippen molar-refractivity contribution < 1.29 is 9.18 Å². The fraction of sp³-hybridized carbons (Fsp3) is 0.423. The van der Waals surface area contributed by atoms with Gasteiger partial charge < -0.3 is 15.5 Å². The van der Waals surface area contributed by atoms with Gasteiger partial charge in [-0.15, -0.1) is 0 Å². The van der Waals surface area contributed by atoms with E-state index in [1.807, 2.05) is 16.7 Å². The Morgan fingerprint density at radius 3 is 2.83 bits per heavy atom. The van der Waals surface area contributed by atoms with Crippen LogP contribution < -0.4 is 10.6 Å². The number of carbonyl (C=O) groups is 1. The van der Waals surface area contributed by atoms with Gasteiger partial charge in [-0.1, -0.05) is 31.3 Å². The molecule has 35 heavy (non-hydrogen) atoms. The maximum atomic E-state index is 14.8. The van der Waals surface area contributed by atoms with E-state index in [2.05, 4.69) is 39.3 Å². The Morgan fingerprint density at radius 1 is 1.26 bits per heavy atom. The molecule has 1 aliphatic rings. The number of amides is 1. The second kappa shape index (κ2) is 10.4. The van der Waals surface area contributed by atoms with Gasteiger partial charge in [0.2, 0.25) is 0 Å². The van der Waals surface area contributed by atoms with Crippen LogP contribution in [-0.4, -0.2) is 57.4 Å². The maximum Gasteiger partial charge on any atom is 0.269 e. The zero-order valence-corrected chi connectivity index (χ0v) is 21.0. The molecule has 3 heterocycles. The van der Waals surface area contributed by atoms with E-state index in [-0.39, 0.29) is 11.7 Å². The van der Waals surface area contributed by atoms with E-state index in [4.69, 9.17) is 0 Å². The number of aromatic nitrogens is 3. The van der Waals surface area contributed by atoms with Crippen molar-refractivity contribution in [3.8, 4) is 11.3 Å². The molecule has 1 aromatic carbocycles. The molecule has 9 heteroatoms. The topological polar surface area (TPSA) is 74.6 Å². The summed E-state index contributed by atoms with van der Waals surface area (Å²) in [5.41, 5.74) is 3.26. The molecule has 0 bridgehead atoms. The molecule has 0 aliphatic heterocycles. The number of imidazole rings is 1. The molecule has 2 N–H and O–H groups in total. The Kier molecular flexibility index (Phi) is 7.08. The lowest BCUT2D eigenvalue weighted by Crippen LogP contribution is -2.30. The van der Waals surface area contributed by atoms with E-state index >= 15 is 0 Å². The van der Waals surface area contributed by atoms with Crippen molar-refractivity contribution in [2.24, 2.45) is 0 Å². The Bertz CT molecular complexity index is 1340. The van der Waals surface area contributed by atoms with E-state index in [0.717, 1.165) is 46.8 Å². The summed E-state index contributed by atoms with van der Waals surface area (Å²) >= 11 is 1.47. The highest BCUT2D eigenvalue weighted by Crippen LogP contribution is 2.31. The number of rotatable bonds is 11. The minimum Gasteiger partial charge on any atom is -0.351 e. The van der Waals surface area contributed by atoms with Gasteiger partial charge in [0, 0.05) is 30.9 Å². The number of pyridine rings is 1. The summed E-state index contributed by atoms with van der Waals surface area (Å²) < 4.78 is 17.7. The van der Waals surface area contributed by atoms with Gasteiger partial charge in [-0.3, -0.25) is 9.20 Å². The number of nitrogens with zero attached hydrogens (tertiary/aromatic N) is 4. The van der Waals surface area contributed by atoms with Crippen molar-refractivity contribution in [2.75, 3.05) is 26.2 Å². The van der Waals surface area contributed by atoms with Crippen LogP contribution in [0.3, 0.4) is 0 Å². The fourth-order valence-electron chi connectivity index (χ4n) is 4.21. The Labute approximate surface area is 208 Å². The van der Waals surface area contributed by atoms with Gasteiger partial charge in [-0.25, -0.2) is 14.4 Å². The van der Waals surface area contributed by atoms with E-state index in [1.165, 1.54) is 24.2 Å². The van der Waals surface area contributed by atoms with Crippen LogP contribution in [0.5, 0.6) is 0 Å². The molecule has 1 aliphatic carbocycles. The van der Waals surface area contributed by atoms with Crippen LogP contribution in [0.2, 0.25) is 0 Å². The second-order valence-electron chi connectivity index (χ2n) is 9.02. The summed E-state index contributed by atoms with van der Waals surface area (Å²) in [6.07, 6.45) is 6.84. The second-order valence-corrected chi connectivity index (χ2v) is 10.0. The molecule has 3 aromatic heterocycles. The van der Waals surface area contributed by atoms with Gasteiger partial charge in [0.1, 0.15) is 11.5 Å². The summed E-state index contributed by atoms with van der Waals surface area (Å²) in [4.78, 5) is 24.7. The van der Waals surface area contributed by atoms with Gasteiger partial charge in [-0.2, -0.15) is 0 Å². The summed E-state index contributed by atoms with van der Waals surface area (Å²) in [6.45, 7) is 8.58. The van der Waals surface area contributed by atoms with Crippen molar-refractivity contribution in [1.29, 1.82) is 0 Å². The maximum absolute atomic E-state index is 14.8. The Balaban J connectivity index is 1.28.